The van der Waals surface area contributed by atoms with Crippen molar-refractivity contribution < 1.29 is 19.1 Å². The van der Waals surface area contributed by atoms with Crippen LogP contribution in [0.25, 0.3) is 22.1 Å². The minimum Gasteiger partial charge on any atom is -0.508 e. The number of aromatic hydroxyl groups is 1. The van der Waals surface area contributed by atoms with E-state index in [-0.39, 0.29) is 23.5 Å². The third-order valence-electron chi connectivity index (χ3n) is 4.88. The molecule has 1 amide bonds. The van der Waals surface area contributed by atoms with Crippen LogP contribution in [0.3, 0.4) is 0 Å². The molecular formula is C24H21NO4. The predicted molar refractivity (Wildman–Crippen MR) is 112 cm³/mol. The Hall–Kier alpha value is -3.73. The van der Waals surface area contributed by atoms with E-state index in [1.165, 1.54) is 0 Å². The summed E-state index contributed by atoms with van der Waals surface area (Å²) in [5, 5.41) is 13.5. The Labute approximate surface area is 168 Å². The zero-order chi connectivity index (χ0) is 20.4. The number of amides is 1. The van der Waals surface area contributed by atoms with Crippen LogP contribution in [-0.4, -0.2) is 18.1 Å². The van der Waals surface area contributed by atoms with E-state index >= 15 is 0 Å². The van der Waals surface area contributed by atoms with Crippen LogP contribution in [-0.2, 0) is 0 Å². The Kier molecular flexibility index (Phi) is 4.96. The fourth-order valence-electron chi connectivity index (χ4n) is 3.39. The summed E-state index contributed by atoms with van der Waals surface area (Å²) in [6, 6.07) is 21.7. The van der Waals surface area contributed by atoms with Gasteiger partial charge in [0.15, 0.2) is 0 Å². The number of hydrogen-bond donors (Lipinski definition) is 2. The smallest absolute Gasteiger partial charge is 0.288 e. The molecule has 5 nitrogen and oxygen atoms in total. The molecule has 0 aliphatic carbocycles. The number of fused-ring (bicyclic) bond motifs is 1. The Balaban J connectivity index is 1.76. The van der Waals surface area contributed by atoms with E-state index in [1.54, 1.807) is 31.4 Å². The summed E-state index contributed by atoms with van der Waals surface area (Å²) in [6.07, 6.45) is 0. The van der Waals surface area contributed by atoms with Crippen molar-refractivity contribution in [2.24, 2.45) is 0 Å². The molecule has 0 spiro atoms. The lowest BCUT2D eigenvalue weighted by molar-refractivity contribution is 0.0915. The van der Waals surface area contributed by atoms with Gasteiger partial charge in [0.05, 0.1) is 13.2 Å². The lowest BCUT2D eigenvalue weighted by Crippen LogP contribution is -2.26. The predicted octanol–water partition coefficient (Wildman–Crippen LogP) is 5.31. The fraction of sp³-hybridized carbons (Fsp3) is 0.125. The van der Waals surface area contributed by atoms with Gasteiger partial charge in [-0.05, 0) is 42.3 Å². The van der Waals surface area contributed by atoms with Crippen molar-refractivity contribution in [1.82, 2.24) is 5.32 Å². The van der Waals surface area contributed by atoms with Gasteiger partial charge in [-0.25, -0.2) is 0 Å². The number of rotatable bonds is 5. The largest absolute Gasteiger partial charge is 0.508 e. The van der Waals surface area contributed by atoms with Gasteiger partial charge in [0.25, 0.3) is 5.91 Å². The summed E-state index contributed by atoms with van der Waals surface area (Å²) in [7, 11) is 1.59. The van der Waals surface area contributed by atoms with Gasteiger partial charge in [0, 0.05) is 17.0 Å². The standard InChI is InChI=1S/C24H21NO4/c1-15(17-9-6-10-18(26)13-17)25-24(27)23-22(16-7-4-3-5-8-16)20-12-11-19(28-2)14-21(20)29-23/h3-15,26H,1-2H3,(H,25,27). The topological polar surface area (TPSA) is 71.7 Å². The highest BCUT2D eigenvalue weighted by Crippen LogP contribution is 2.36. The second-order valence-electron chi connectivity index (χ2n) is 6.82. The van der Waals surface area contributed by atoms with Crippen molar-refractivity contribution in [3.8, 4) is 22.6 Å². The summed E-state index contributed by atoms with van der Waals surface area (Å²) < 4.78 is 11.3. The lowest BCUT2D eigenvalue weighted by atomic mass is 10.0. The maximum atomic E-state index is 13.1. The summed E-state index contributed by atoms with van der Waals surface area (Å²) in [5.74, 6) is 0.733. The van der Waals surface area contributed by atoms with Crippen LogP contribution < -0.4 is 10.1 Å². The van der Waals surface area contributed by atoms with Crippen LogP contribution in [0.2, 0.25) is 0 Å². The number of phenols is 1. The van der Waals surface area contributed by atoms with Crippen molar-refractivity contribution in [2.45, 2.75) is 13.0 Å². The van der Waals surface area contributed by atoms with E-state index < -0.39 is 0 Å². The molecule has 0 aliphatic rings. The molecule has 5 heteroatoms. The molecule has 29 heavy (non-hydrogen) atoms. The average Bonchev–Trinajstić information content (AvgIpc) is 3.13. The summed E-state index contributed by atoms with van der Waals surface area (Å²) in [6.45, 7) is 1.86. The van der Waals surface area contributed by atoms with E-state index in [0.29, 0.717) is 11.3 Å². The lowest BCUT2D eigenvalue weighted by Gasteiger charge is -2.14. The van der Waals surface area contributed by atoms with Crippen LogP contribution in [0.5, 0.6) is 11.5 Å². The highest BCUT2D eigenvalue weighted by Gasteiger charge is 2.23. The first kappa shape index (κ1) is 18.6. The third kappa shape index (κ3) is 3.67. The molecule has 1 unspecified atom stereocenters. The van der Waals surface area contributed by atoms with Crippen LogP contribution in [0.4, 0.5) is 0 Å². The quantitative estimate of drug-likeness (QED) is 0.487. The zero-order valence-corrected chi connectivity index (χ0v) is 16.2. The number of hydrogen-bond acceptors (Lipinski definition) is 4. The van der Waals surface area contributed by atoms with Gasteiger partial charge in [-0.15, -0.1) is 0 Å². The molecular weight excluding hydrogens is 366 g/mol. The molecule has 1 heterocycles. The summed E-state index contributed by atoms with van der Waals surface area (Å²) in [5.41, 5.74) is 3.02. The second kappa shape index (κ2) is 7.72. The Morgan fingerprint density at radius 3 is 2.55 bits per heavy atom. The van der Waals surface area contributed by atoms with Crippen molar-refractivity contribution in [1.29, 1.82) is 0 Å². The normalized spacial score (nSPS) is 11.9. The number of phenolic OH excluding ortho intramolecular Hbond substituents is 1. The van der Waals surface area contributed by atoms with E-state index in [0.717, 1.165) is 22.1 Å². The fourth-order valence-corrected chi connectivity index (χ4v) is 3.39. The third-order valence-corrected chi connectivity index (χ3v) is 4.88. The van der Waals surface area contributed by atoms with Gasteiger partial charge in [-0.2, -0.15) is 0 Å². The zero-order valence-electron chi connectivity index (χ0n) is 16.2. The number of carbonyl (C=O) groups excluding carboxylic acids is 1. The molecule has 0 fully saturated rings. The first-order valence-corrected chi connectivity index (χ1v) is 9.32. The molecule has 1 aromatic heterocycles. The van der Waals surface area contributed by atoms with Crippen LogP contribution >= 0.6 is 0 Å². The number of carbonyl (C=O) groups is 1. The van der Waals surface area contributed by atoms with Gasteiger partial charge in [0.1, 0.15) is 17.1 Å². The molecule has 0 saturated heterocycles. The SMILES string of the molecule is COc1ccc2c(-c3ccccc3)c(C(=O)NC(C)c3cccc(O)c3)oc2c1. The van der Waals surface area contributed by atoms with Crippen molar-refractivity contribution in [3.05, 3.63) is 84.1 Å². The van der Waals surface area contributed by atoms with E-state index in [9.17, 15) is 9.90 Å². The molecule has 4 rings (SSSR count). The van der Waals surface area contributed by atoms with Crippen LogP contribution in [0, 0.1) is 0 Å². The molecule has 146 valence electrons. The number of nitrogens with one attached hydrogen (secondary N) is 1. The van der Waals surface area contributed by atoms with Gasteiger partial charge in [-0.1, -0.05) is 42.5 Å². The number of benzene rings is 3. The van der Waals surface area contributed by atoms with Gasteiger partial charge in [0.2, 0.25) is 5.76 Å². The van der Waals surface area contributed by atoms with Crippen molar-refractivity contribution in [2.75, 3.05) is 7.11 Å². The molecule has 0 radical (unpaired) electrons. The highest BCUT2D eigenvalue weighted by atomic mass is 16.5. The van der Waals surface area contributed by atoms with Gasteiger partial charge < -0.3 is 19.6 Å². The molecule has 1 atom stereocenters. The molecule has 4 aromatic rings. The van der Waals surface area contributed by atoms with E-state index in [1.807, 2.05) is 55.5 Å². The number of furan rings is 1. The average molecular weight is 387 g/mol. The number of methoxy groups -OCH3 is 1. The summed E-state index contributed by atoms with van der Waals surface area (Å²) in [4.78, 5) is 13.1. The minimum atomic E-state index is -0.324. The maximum absolute atomic E-state index is 13.1. The first-order chi connectivity index (χ1) is 14.1. The van der Waals surface area contributed by atoms with Crippen molar-refractivity contribution >= 4 is 16.9 Å². The maximum Gasteiger partial charge on any atom is 0.288 e. The number of ether oxygens (including phenoxy) is 1. The Morgan fingerprint density at radius 2 is 1.83 bits per heavy atom. The van der Waals surface area contributed by atoms with E-state index in [2.05, 4.69) is 5.32 Å². The summed E-state index contributed by atoms with van der Waals surface area (Å²) >= 11 is 0. The van der Waals surface area contributed by atoms with Gasteiger partial charge in [-0.3, -0.25) is 4.79 Å². The van der Waals surface area contributed by atoms with Crippen LogP contribution in [0.1, 0.15) is 29.1 Å². The molecule has 2 N–H and O–H groups in total. The molecule has 0 saturated carbocycles. The van der Waals surface area contributed by atoms with E-state index in [4.69, 9.17) is 9.15 Å². The second-order valence-corrected chi connectivity index (χ2v) is 6.82. The van der Waals surface area contributed by atoms with Crippen LogP contribution in [0.15, 0.2) is 77.2 Å². The molecule has 0 aliphatic heterocycles. The van der Waals surface area contributed by atoms with Crippen molar-refractivity contribution in [3.63, 3.8) is 0 Å². The first-order valence-electron chi connectivity index (χ1n) is 9.32. The minimum absolute atomic E-state index is 0.157. The van der Waals surface area contributed by atoms with Gasteiger partial charge >= 0.3 is 0 Å². The molecule has 3 aromatic carbocycles. The molecule has 0 bridgehead atoms. The monoisotopic (exact) mass is 387 g/mol. The Bertz CT molecular complexity index is 1160. The Morgan fingerprint density at radius 1 is 1.03 bits per heavy atom. The highest BCUT2D eigenvalue weighted by molar-refractivity contribution is 6.08.